The van der Waals surface area contributed by atoms with Crippen molar-refractivity contribution >= 4 is 17.6 Å². The predicted octanol–water partition coefficient (Wildman–Crippen LogP) is 4.09. The van der Waals surface area contributed by atoms with Crippen molar-refractivity contribution in [3.8, 4) is 17.7 Å². The van der Waals surface area contributed by atoms with Gasteiger partial charge in [-0.05, 0) is 49.1 Å². The molecule has 28 heavy (non-hydrogen) atoms. The summed E-state index contributed by atoms with van der Waals surface area (Å²) in [5.41, 5.74) is 0.995. The molecule has 1 saturated heterocycles. The average Bonchev–Trinajstić information content (AvgIpc) is 2.91. The Bertz CT molecular complexity index is 963. The zero-order valence-corrected chi connectivity index (χ0v) is 16.3. The number of pyridine rings is 1. The molecule has 144 valence electrons. The van der Waals surface area contributed by atoms with Crippen LogP contribution < -0.4 is 15.0 Å². The summed E-state index contributed by atoms with van der Waals surface area (Å²) in [6.07, 6.45) is 1.93. The quantitative estimate of drug-likeness (QED) is 0.791. The van der Waals surface area contributed by atoms with Gasteiger partial charge in [0.2, 0.25) is 5.88 Å². The summed E-state index contributed by atoms with van der Waals surface area (Å²) in [6.45, 7) is 7.57. The lowest BCUT2D eigenvalue weighted by Gasteiger charge is -2.19. The fourth-order valence-corrected chi connectivity index (χ4v) is 3.03. The second-order valence-electron chi connectivity index (χ2n) is 7.23. The number of imide groups is 1. The second-order valence-corrected chi connectivity index (χ2v) is 7.23. The summed E-state index contributed by atoms with van der Waals surface area (Å²) in [6, 6.07) is 10.2. The summed E-state index contributed by atoms with van der Waals surface area (Å²) in [4.78, 5) is 30.1. The van der Waals surface area contributed by atoms with Gasteiger partial charge in [0.1, 0.15) is 11.3 Å². The van der Waals surface area contributed by atoms with Gasteiger partial charge in [0, 0.05) is 6.07 Å². The van der Waals surface area contributed by atoms with E-state index in [1.54, 1.807) is 31.2 Å². The fraction of sp³-hybridized carbons (Fsp3) is 0.333. The maximum absolute atomic E-state index is 12.6. The van der Waals surface area contributed by atoms with Gasteiger partial charge in [0.25, 0.3) is 5.91 Å². The molecule has 2 heterocycles. The molecule has 3 rings (SSSR count). The molecule has 0 aliphatic carbocycles. The van der Waals surface area contributed by atoms with Gasteiger partial charge >= 0.3 is 6.03 Å². The molecule has 7 heteroatoms. The van der Waals surface area contributed by atoms with Crippen molar-refractivity contribution in [2.45, 2.75) is 45.6 Å². The van der Waals surface area contributed by atoms with E-state index in [0.29, 0.717) is 29.3 Å². The third-order valence-electron chi connectivity index (χ3n) is 4.93. The van der Waals surface area contributed by atoms with Crippen LogP contribution in [0.3, 0.4) is 0 Å². The molecule has 1 atom stereocenters. The highest BCUT2D eigenvalue weighted by atomic mass is 16.5. The van der Waals surface area contributed by atoms with E-state index in [-0.39, 0.29) is 11.8 Å². The lowest BCUT2D eigenvalue weighted by Crippen LogP contribution is -2.43. The van der Waals surface area contributed by atoms with E-state index in [0.717, 1.165) is 10.5 Å². The minimum absolute atomic E-state index is 0.182. The largest absolute Gasteiger partial charge is 0.439 e. The number of rotatable bonds is 5. The van der Waals surface area contributed by atoms with Crippen molar-refractivity contribution < 1.29 is 14.3 Å². The van der Waals surface area contributed by atoms with Crippen molar-refractivity contribution in [2.75, 3.05) is 4.90 Å². The molecule has 7 nitrogen and oxygen atoms in total. The Morgan fingerprint density at radius 1 is 1.29 bits per heavy atom. The number of benzene rings is 1. The Kier molecular flexibility index (Phi) is 5.06. The second kappa shape index (κ2) is 7.31. The molecule has 1 aromatic carbocycles. The maximum atomic E-state index is 12.6. The Balaban J connectivity index is 1.81. The molecule has 3 amide bonds. The van der Waals surface area contributed by atoms with E-state index in [1.807, 2.05) is 26.8 Å². The molecule has 0 radical (unpaired) electrons. The molecule has 1 aliphatic rings. The molecular weight excluding hydrogens is 356 g/mol. The molecule has 0 spiro atoms. The molecule has 1 aromatic heterocycles. The van der Waals surface area contributed by atoms with Gasteiger partial charge in [-0.15, -0.1) is 0 Å². The molecule has 1 aliphatic heterocycles. The molecule has 0 bridgehead atoms. The number of hydrogen-bond acceptors (Lipinski definition) is 5. The first kappa shape index (κ1) is 19.4. The van der Waals surface area contributed by atoms with Gasteiger partial charge < -0.3 is 10.1 Å². The zero-order valence-electron chi connectivity index (χ0n) is 16.3. The van der Waals surface area contributed by atoms with Crippen molar-refractivity contribution in [1.82, 2.24) is 10.3 Å². The molecule has 0 unspecified atom stereocenters. The first-order chi connectivity index (χ1) is 13.3. The molecular formula is C21H22N4O3. The fourth-order valence-electron chi connectivity index (χ4n) is 3.03. The molecule has 2 aromatic rings. The van der Waals surface area contributed by atoms with Crippen LogP contribution in [0.5, 0.6) is 11.6 Å². The van der Waals surface area contributed by atoms with Crippen molar-refractivity contribution in [1.29, 1.82) is 5.26 Å². The Morgan fingerprint density at radius 2 is 2.04 bits per heavy atom. The smallest absolute Gasteiger partial charge is 0.329 e. The van der Waals surface area contributed by atoms with Crippen LogP contribution in [-0.2, 0) is 4.79 Å². The Hall–Kier alpha value is -3.40. The average molecular weight is 378 g/mol. The van der Waals surface area contributed by atoms with Gasteiger partial charge in [-0.3, -0.25) is 4.79 Å². The van der Waals surface area contributed by atoms with Gasteiger partial charge in [-0.25, -0.2) is 14.7 Å². The Morgan fingerprint density at radius 3 is 2.57 bits per heavy atom. The summed E-state index contributed by atoms with van der Waals surface area (Å²) < 4.78 is 5.78. The first-order valence-electron chi connectivity index (χ1n) is 9.13. The lowest BCUT2D eigenvalue weighted by atomic mass is 9.98. The third kappa shape index (κ3) is 3.41. The molecule has 0 saturated carbocycles. The molecule has 1 fully saturated rings. The SMILES string of the molecule is CC[C@@]1(C)NC(=O)N(c2ccc(Oc3ccc(C#N)c(C(C)C)c3)nc2)C1=O. The number of urea groups is 1. The number of nitrogens with one attached hydrogen (secondary N) is 1. The number of carbonyl (C=O) groups excluding carboxylic acids is 2. The van der Waals surface area contributed by atoms with E-state index < -0.39 is 11.6 Å². The number of nitriles is 1. The van der Waals surface area contributed by atoms with Gasteiger partial charge in [-0.1, -0.05) is 20.8 Å². The van der Waals surface area contributed by atoms with Crippen LogP contribution in [0.25, 0.3) is 0 Å². The zero-order chi connectivity index (χ0) is 20.5. The number of anilines is 1. The summed E-state index contributed by atoms with van der Waals surface area (Å²) in [5.74, 6) is 0.773. The number of ether oxygens (including phenoxy) is 1. The van der Waals surface area contributed by atoms with Crippen molar-refractivity contribution in [3.63, 3.8) is 0 Å². The van der Waals surface area contributed by atoms with Crippen LogP contribution in [0, 0.1) is 11.3 Å². The number of nitrogens with zero attached hydrogens (tertiary/aromatic N) is 3. The number of aromatic nitrogens is 1. The highest BCUT2D eigenvalue weighted by molar-refractivity contribution is 6.23. The van der Waals surface area contributed by atoms with Crippen LogP contribution in [0.4, 0.5) is 10.5 Å². The normalized spacial score (nSPS) is 18.9. The minimum Gasteiger partial charge on any atom is -0.439 e. The molecule has 1 N–H and O–H groups in total. The van der Waals surface area contributed by atoms with E-state index in [1.165, 1.54) is 6.20 Å². The topological polar surface area (TPSA) is 95.3 Å². The van der Waals surface area contributed by atoms with Crippen LogP contribution in [0.2, 0.25) is 0 Å². The van der Waals surface area contributed by atoms with Crippen LogP contribution in [-0.4, -0.2) is 22.5 Å². The summed E-state index contributed by atoms with van der Waals surface area (Å²) >= 11 is 0. The number of carbonyl (C=O) groups is 2. The third-order valence-corrected chi connectivity index (χ3v) is 4.93. The Labute approximate surface area is 163 Å². The van der Waals surface area contributed by atoms with Crippen molar-refractivity contribution in [2.24, 2.45) is 0 Å². The van der Waals surface area contributed by atoms with E-state index in [9.17, 15) is 14.9 Å². The predicted molar refractivity (Wildman–Crippen MR) is 104 cm³/mol. The first-order valence-corrected chi connectivity index (χ1v) is 9.13. The highest BCUT2D eigenvalue weighted by Gasteiger charge is 2.47. The van der Waals surface area contributed by atoms with Crippen LogP contribution in [0.15, 0.2) is 36.5 Å². The van der Waals surface area contributed by atoms with Crippen molar-refractivity contribution in [3.05, 3.63) is 47.7 Å². The summed E-state index contributed by atoms with van der Waals surface area (Å²) in [5, 5.41) is 11.9. The standard InChI is InChI=1S/C21H22N4O3/c1-5-21(4)19(26)25(20(27)24-21)15-7-9-18(23-12-15)28-16-8-6-14(11-22)17(10-16)13(2)3/h6-10,12-13H,5H2,1-4H3,(H,24,27)/t21-/m1/s1. The van der Waals surface area contributed by atoms with Gasteiger partial charge in [0.05, 0.1) is 23.5 Å². The minimum atomic E-state index is -0.901. The summed E-state index contributed by atoms with van der Waals surface area (Å²) in [7, 11) is 0. The highest BCUT2D eigenvalue weighted by Crippen LogP contribution is 2.30. The lowest BCUT2D eigenvalue weighted by molar-refractivity contribution is -0.121. The van der Waals surface area contributed by atoms with E-state index >= 15 is 0 Å². The number of hydrogen-bond donors (Lipinski definition) is 1. The maximum Gasteiger partial charge on any atom is 0.329 e. The van der Waals surface area contributed by atoms with Gasteiger partial charge in [0.15, 0.2) is 0 Å². The van der Waals surface area contributed by atoms with Crippen LogP contribution in [0.1, 0.15) is 51.2 Å². The van der Waals surface area contributed by atoms with E-state index in [4.69, 9.17) is 4.74 Å². The monoisotopic (exact) mass is 378 g/mol. The van der Waals surface area contributed by atoms with E-state index in [2.05, 4.69) is 16.4 Å². The van der Waals surface area contributed by atoms with Crippen LogP contribution >= 0.6 is 0 Å². The van der Waals surface area contributed by atoms with Gasteiger partial charge in [-0.2, -0.15) is 5.26 Å². The number of amides is 3.